The van der Waals surface area contributed by atoms with Crippen LogP contribution in [-0.4, -0.2) is 47.8 Å². The summed E-state index contributed by atoms with van der Waals surface area (Å²) in [6, 6.07) is 20.0. The van der Waals surface area contributed by atoms with Crippen LogP contribution < -0.4 is 0 Å². The molecule has 0 aliphatic carbocycles. The number of hydrogen-bond donors (Lipinski definition) is 0. The summed E-state index contributed by atoms with van der Waals surface area (Å²) in [5.74, 6) is 0.156. The Labute approximate surface area is 174 Å². The average Bonchev–Trinajstić information content (AvgIpc) is 3.02. The van der Waals surface area contributed by atoms with E-state index in [1.54, 1.807) is 0 Å². The van der Waals surface area contributed by atoms with E-state index in [1.165, 1.54) is 0 Å². The van der Waals surface area contributed by atoms with Gasteiger partial charge in [0.1, 0.15) is 0 Å². The standard InChI is InChI=1S/C25H32N2O2/c1-3-22(20-12-7-5-8-13-20)24(28)26-16-11-17-27(19-18-26)25(29)23(4-2)21-14-9-6-10-15-21/h5-10,12-15,22-23H,3-4,11,16-19H2,1-2H3/t22-,23+. The van der Waals surface area contributed by atoms with Gasteiger partial charge in [-0.1, -0.05) is 74.5 Å². The predicted octanol–water partition coefficient (Wildman–Crippen LogP) is 4.43. The van der Waals surface area contributed by atoms with Crippen LogP contribution in [0.1, 0.15) is 56.1 Å². The van der Waals surface area contributed by atoms with E-state index in [9.17, 15) is 9.59 Å². The second-order valence-electron chi connectivity index (χ2n) is 7.75. The summed E-state index contributed by atoms with van der Waals surface area (Å²) < 4.78 is 0. The molecule has 0 saturated carbocycles. The fourth-order valence-corrected chi connectivity index (χ4v) is 4.28. The van der Waals surface area contributed by atoms with Gasteiger partial charge in [0.25, 0.3) is 0 Å². The second kappa shape index (κ2) is 10.2. The molecule has 0 radical (unpaired) electrons. The van der Waals surface area contributed by atoms with Gasteiger partial charge in [-0.15, -0.1) is 0 Å². The SMILES string of the molecule is CC[C@H](C(=O)N1CCCN(C(=O)[C@H](CC)c2ccccc2)CC1)c1ccccc1. The maximum Gasteiger partial charge on any atom is 0.230 e. The lowest BCUT2D eigenvalue weighted by atomic mass is 9.95. The third-order valence-corrected chi connectivity index (χ3v) is 5.94. The van der Waals surface area contributed by atoms with Crippen molar-refractivity contribution in [2.24, 2.45) is 0 Å². The lowest BCUT2D eigenvalue weighted by Crippen LogP contribution is -2.40. The van der Waals surface area contributed by atoms with E-state index in [0.29, 0.717) is 26.2 Å². The van der Waals surface area contributed by atoms with Crippen LogP contribution in [0.4, 0.5) is 0 Å². The quantitative estimate of drug-likeness (QED) is 0.729. The molecule has 154 valence electrons. The minimum Gasteiger partial charge on any atom is -0.340 e. The van der Waals surface area contributed by atoms with Crippen molar-refractivity contribution in [1.82, 2.24) is 9.80 Å². The maximum absolute atomic E-state index is 13.2. The number of benzene rings is 2. The van der Waals surface area contributed by atoms with Gasteiger partial charge in [0.15, 0.2) is 0 Å². The van der Waals surface area contributed by atoms with Gasteiger partial charge in [-0.25, -0.2) is 0 Å². The highest BCUT2D eigenvalue weighted by molar-refractivity contribution is 5.85. The van der Waals surface area contributed by atoms with Crippen LogP contribution in [0.3, 0.4) is 0 Å². The monoisotopic (exact) mass is 392 g/mol. The summed E-state index contributed by atoms with van der Waals surface area (Å²) in [6.07, 6.45) is 2.40. The van der Waals surface area contributed by atoms with Crippen molar-refractivity contribution < 1.29 is 9.59 Å². The van der Waals surface area contributed by atoms with E-state index < -0.39 is 0 Å². The third-order valence-electron chi connectivity index (χ3n) is 5.94. The minimum atomic E-state index is -0.105. The zero-order valence-electron chi connectivity index (χ0n) is 17.6. The minimum absolute atomic E-state index is 0.105. The Kier molecular flexibility index (Phi) is 7.45. The third kappa shape index (κ3) is 5.06. The number of rotatable bonds is 6. The van der Waals surface area contributed by atoms with Crippen molar-refractivity contribution in [2.45, 2.75) is 44.9 Å². The summed E-state index contributed by atoms with van der Waals surface area (Å²) in [4.78, 5) is 30.3. The molecule has 1 aliphatic heterocycles. The Morgan fingerprint density at radius 2 is 1.07 bits per heavy atom. The molecular formula is C25H32N2O2. The zero-order valence-corrected chi connectivity index (χ0v) is 17.6. The smallest absolute Gasteiger partial charge is 0.230 e. The van der Waals surface area contributed by atoms with Gasteiger partial charge in [-0.3, -0.25) is 9.59 Å². The Balaban J connectivity index is 1.66. The number of carbonyl (C=O) groups excluding carboxylic acids is 2. The fourth-order valence-electron chi connectivity index (χ4n) is 4.28. The van der Waals surface area contributed by atoms with Gasteiger partial charge in [0.05, 0.1) is 11.8 Å². The summed E-state index contributed by atoms with van der Waals surface area (Å²) >= 11 is 0. The highest BCUT2D eigenvalue weighted by Crippen LogP contribution is 2.25. The first-order valence-corrected chi connectivity index (χ1v) is 10.8. The lowest BCUT2D eigenvalue weighted by molar-refractivity contribution is -0.135. The first kappa shape index (κ1) is 21.1. The summed E-state index contributed by atoms with van der Waals surface area (Å²) in [5, 5.41) is 0. The topological polar surface area (TPSA) is 40.6 Å². The molecule has 2 aromatic carbocycles. The molecule has 0 spiro atoms. The highest BCUT2D eigenvalue weighted by atomic mass is 16.2. The van der Waals surface area contributed by atoms with Crippen LogP contribution >= 0.6 is 0 Å². The number of nitrogens with zero attached hydrogens (tertiary/aromatic N) is 2. The molecule has 2 atom stereocenters. The van der Waals surface area contributed by atoms with Gasteiger partial charge in [-0.05, 0) is 30.4 Å². The summed E-state index contributed by atoms with van der Waals surface area (Å²) in [7, 11) is 0. The predicted molar refractivity (Wildman–Crippen MR) is 117 cm³/mol. The van der Waals surface area contributed by atoms with E-state index in [0.717, 1.165) is 30.4 Å². The Bertz CT molecular complexity index is 723. The van der Waals surface area contributed by atoms with E-state index in [-0.39, 0.29) is 23.7 Å². The van der Waals surface area contributed by atoms with Crippen molar-refractivity contribution in [2.75, 3.05) is 26.2 Å². The second-order valence-corrected chi connectivity index (χ2v) is 7.75. The van der Waals surface area contributed by atoms with Gasteiger partial charge in [0.2, 0.25) is 11.8 Å². The Hall–Kier alpha value is -2.62. The molecule has 0 N–H and O–H groups in total. The van der Waals surface area contributed by atoms with Crippen molar-refractivity contribution in [1.29, 1.82) is 0 Å². The molecule has 4 heteroatoms. The van der Waals surface area contributed by atoms with Crippen molar-refractivity contribution in [3.63, 3.8) is 0 Å². The van der Waals surface area contributed by atoms with Crippen LogP contribution in [-0.2, 0) is 9.59 Å². The van der Waals surface area contributed by atoms with Crippen LogP contribution in [0.15, 0.2) is 60.7 Å². The van der Waals surface area contributed by atoms with Gasteiger partial charge in [0, 0.05) is 26.2 Å². The number of hydrogen-bond acceptors (Lipinski definition) is 2. The Morgan fingerprint density at radius 3 is 1.41 bits per heavy atom. The molecule has 1 heterocycles. The Morgan fingerprint density at radius 1 is 0.690 bits per heavy atom. The van der Waals surface area contributed by atoms with Crippen LogP contribution in [0, 0.1) is 0 Å². The first-order chi connectivity index (χ1) is 14.2. The van der Waals surface area contributed by atoms with Crippen molar-refractivity contribution in [3.8, 4) is 0 Å². The number of carbonyl (C=O) groups is 2. The molecule has 1 saturated heterocycles. The molecule has 0 unspecified atom stereocenters. The van der Waals surface area contributed by atoms with Crippen molar-refractivity contribution >= 4 is 11.8 Å². The largest absolute Gasteiger partial charge is 0.340 e. The maximum atomic E-state index is 13.2. The van der Waals surface area contributed by atoms with E-state index in [4.69, 9.17) is 0 Å². The van der Waals surface area contributed by atoms with E-state index in [2.05, 4.69) is 13.8 Å². The van der Waals surface area contributed by atoms with E-state index >= 15 is 0 Å². The van der Waals surface area contributed by atoms with Crippen LogP contribution in [0.25, 0.3) is 0 Å². The highest BCUT2D eigenvalue weighted by Gasteiger charge is 2.29. The molecule has 3 rings (SSSR count). The molecule has 1 aliphatic rings. The molecule has 0 aromatic heterocycles. The molecule has 1 fully saturated rings. The number of amides is 2. The molecule has 2 amide bonds. The summed E-state index contributed by atoms with van der Waals surface area (Å²) in [5.41, 5.74) is 2.15. The molecule has 0 bridgehead atoms. The van der Waals surface area contributed by atoms with Gasteiger partial charge in [-0.2, -0.15) is 0 Å². The average molecular weight is 393 g/mol. The fraction of sp³-hybridized carbons (Fsp3) is 0.440. The van der Waals surface area contributed by atoms with Crippen LogP contribution in [0.2, 0.25) is 0 Å². The van der Waals surface area contributed by atoms with Crippen LogP contribution in [0.5, 0.6) is 0 Å². The van der Waals surface area contributed by atoms with Gasteiger partial charge < -0.3 is 9.80 Å². The molecule has 2 aromatic rings. The van der Waals surface area contributed by atoms with Gasteiger partial charge >= 0.3 is 0 Å². The zero-order chi connectivity index (χ0) is 20.6. The lowest BCUT2D eigenvalue weighted by Gasteiger charge is -2.27. The molecule has 4 nitrogen and oxygen atoms in total. The normalized spacial score (nSPS) is 16.8. The first-order valence-electron chi connectivity index (χ1n) is 10.8. The van der Waals surface area contributed by atoms with E-state index in [1.807, 2.05) is 70.5 Å². The molecular weight excluding hydrogens is 360 g/mol. The van der Waals surface area contributed by atoms with Crippen molar-refractivity contribution in [3.05, 3.63) is 71.8 Å². The molecule has 29 heavy (non-hydrogen) atoms. The summed E-state index contributed by atoms with van der Waals surface area (Å²) in [6.45, 7) is 6.78.